The van der Waals surface area contributed by atoms with Gasteiger partial charge in [0.1, 0.15) is 6.04 Å². The summed E-state index contributed by atoms with van der Waals surface area (Å²) in [5, 5.41) is 15.5. The molecule has 0 spiro atoms. The fraction of sp³-hybridized carbons (Fsp3) is 0.625. The number of hydrogen-bond donors (Lipinski definition) is 2. The smallest absolute Gasteiger partial charge is 0.296 e. The molecule has 0 radical (unpaired) electrons. The third-order valence-corrected chi connectivity index (χ3v) is 2.52. The number of piperazine rings is 1. The fourth-order valence-electron chi connectivity index (χ4n) is 1.74. The molecule has 2 amide bonds. The molecule has 2 heterocycles. The minimum absolute atomic E-state index is 0.00634. The quantitative estimate of drug-likeness (QED) is 0.639. The van der Waals surface area contributed by atoms with Gasteiger partial charge in [0.05, 0.1) is 0 Å². The average molecular weight is 224 g/mol. The molecule has 8 heteroatoms. The van der Waals surface area contributed by atoms with Gasteiger partial charge < -0.3 is 10.2 Å². The maximum Gasteiger partial charge on any atom is 0.296 e. The minimum Gasteiger partial charge on any atom is -0.353 e. The predicted molar refractivity (Wildman–Crippen MR) is 52.3 cm³/mol. The number of H-pyrrole nitrogens is 1. The number of rotatable bonds is 2. The van der Waals surface area contributed by atoms with Crippen molar-refractivity contribution >= 4 is 11.8 Å². The molecular formula is C8H12N6O2. The second-order valence-electron chi connectivity index (χ2n) is 3.45. The van der Waals surface area contributed by atoms with Crippen molar-refractivity contribution < 1.29 is 9.59 Å². The Hall–Kier alpha value is -1.99. The van der Waals surface area contributed by atoms with Gasteiger partial charge in [-0.05, 0) is 11.6 Å². The van der Waals surface area contributed by atoms with E-state index in [1.807, 2.05) is 6.92 Å². The van der Waals surface area contributed by atoms with Crippen molar-refractivity contribution in [2.24, 2.45) is 0 Å². The van der Waals surface area contributed by atoms with E-state index in [0.717, 1.165) is 0 Å². The summed E-state index contributed by atoms with van der Waals surface area (Å²) in [7, 11) is 0. The standard InChI is InChI=1S/C8H12N6O2/c1-2-5-7(15)9-3-4-14(5)8(16)6-10-12-13-11-6/h5H,2-4H2,1H3,(H,9,15)(H,10,11,12,13). The summed E-state index contributed by atoms with van der Waals surface area (Å²) in [4.78, 5) is 25.0. The average Bonchev–Trinajstić information content (AvgIpc) is 2.81. The van der Waals surface area contributed by atoms with Gasteiger partial charge in [0, 0.05) is 13.1 Å². The molecule has 86 valence electrons. The van der Waals surface area contributed by atoms with E-state index < -0.39 is 6.04 Å². The third-order valence-electron chi connectivity index (χ3n) is 2.52. The molecule has 1 saturated heterocycles. The monoisotopic (exact) mass is 224 g/mol. The zero-order valence-corrected chi connectivity index (χ0v) is 8.80. The van der Waals surface area contributed by atoms with Gasteiger partial charge in [0.25, 0.3) is 11.7 Å². The molecule has 1 aliphatic heterocycles. The van der Waals surface area contributed by atoms with Crippen LogP contribution in [0.3, 0.4) is 0 Å². The highest BCUT2D eigenvalue weighted by atomic mass is 16.2. The number of nitrogens with zero attached hydrogens (tertiary/aromatic N) is 4. The van der Waals surface area contributed by atoms with Crippen molar-refractivity contribution in [3.05, 3.63) is 5.82 Å². The number of tetrazole rings is 1. The number of amides is 2. The summed E-state index contributed by atoms with van der Waals surface area (Å²) in [5.41, 5.74) is 0. The first-order valence-electron chi connectivity index (χ1n) is 5.06. The molecule has 1 aromatic rings. The van der Waals surface area contributed by atoms with Gasteiger partial charge in [0.2, 0.25) is 5.91 Å². The summed E-state index contributed by atoms with van der Waals surface area (Å²) in [6.07, 6.45) is 0.565. The van der Waals surface area contributed by atoms with Crippen LogP contribution >= 0.6 is 0 Å². The van der Waals surface area contributed by atoms with E-state index in [4.69, 9.17) is 0 Å². The molecule has 0 aliphatic carbocycles. The van der Waals surface area contributed by atoms with Crippen LogP contribution in [-0.4, -0.2) is 56.5 Å². The largest absolute Gasteiger partial charge is 0.353 e. The Labute approximate surface area is 91.4 Å². The number of carbonyl (C=O) groups excluding carboxylic acids is 2. The van der Waals surface area contributed by atoms with Crippen LogP contribution in [0, 0.1) is 0 Å². The molecule has 0 aromatic carbocycles. The molecule has 1 atom stereocenters. The second-order valence-corrected chi connectivity index (χ2v) is 3.45. The van der Waals surface area contributed by atoms with Crippen LogP contribution in [0.1, 0.15) is 24.0 Å². The number of hydrogen-bond acceptors (Lipinski definition) is 5. The SMILES string of the molecule is CCC1C(=O)NCCN1C(=O)c1nn[nH]n1. The molecule has 2 N–H and O–H groups in total. The molecule has 8 nitrogen and oxygen atoms in total. The van der Waals surface area contributed by atoms with Gasteiger partial charge in [-0.1, -0.05) is 6.92 Å². The topological polar surface area (TPSA) is 104 Å². The third kappa shape index (κ3) is 1.73. The highest BCUT2D eigenvalue weighted by Gasteiger charge is 2.33. The van der Waals surface area contributed by atoms with Gasteiger partial charge >= 0.3 is 0 Å². The van der Waals surface area contributed by atoms with Crippen molar-refractivity contribution in [3.8, 4) is 0 Å². The van der Waals surface area contributed by atoms with E-state index in [-0.39, 0.29) is 17.6 Å². The number of carbonyl (C=O) groups is 2. The predicted octanol–water partition coefficient (Wildman–Crippen LogP) is -1.45. The van der Waals surface area contributed by atoms with Crippen molar-refractivity contribution in [1.29, 1.82) is 0 Å². The lowest BCUT2D eigenvalue weighted by Gasteiger charge is -2.33. The zero-order chi connectivity index (χ0) is 11.5. The van der Waals surface area contributed by atoms with Crippen molar-refractivity contribution in [2.45, 2.75) is 19.4 Å². The van der Waals surface area contributed by atoms with Crippen LogP contribution < -0.4 is 5.32 Å². The first kappa shape index (κ1) is 10.5. The minimum atomic E-state index is -0.445. The maximum absolute atomic E-state index is 11.9. The van der Waals surface area contributed by atoms with Gasteiger partial charge in [-0.15, -0.1) is 10.2 Å². The van der Waals surface area contributed by atoms with E-state index in [2.05, 4.69) is 25.9 Å². The Morgan fingerprint density at radius 3 is 3.06 bits per heavy atom. The Balaban J connectivity index is 2.18. The molecule has 0 bridgehead atoms. The van der Waals surface area contributed by atoms with Crippen LogP contribution in [0.2, 0.25) is 0 Å². The number of aromatic nitrogens is 4. The van der Waals surface area contributed by atoms with Crippen LogP contribution in [-0.2, 0) is 4.79 Å². The van der Waals surface area contributed by atoms with Crippen molar-refractivity contribution in [1.82, 2.24) is 30.8 Å². The molecule has 2 rings (SSSR count). The normalized spacial score (nSPS) is 20.7. The van der Waals surface area contributed by atoms with E-state index in [0.29, 0.717) is 19.5 Å². The van der Waals surface area contributed by atoms with E-state index in [1.165, 1.54) is 4.90 Å². The van der Waals surface area contributed by atoms with Crippen LogP contribution in [0.5, 0.6) is 0 Å². The lowest BCUT2D eigenvalue weighted by molar-refractivity contribution is -0.127. The van der Waals surface area contributed by atoms with Crippen LogP contribution in [0.15, 0.2) is 0 Å². The summed E-state index contributed by atoms with van der Waals surface area (Å²) >= 11 is 0. The number of nitrogens with one attached hydrogen (secondary N) is 2. The van der Waals surface area contributed by atoms with E-state index >= 15 is 0 Å². The second kappa shape index (κ2) is 4.25. The zero-order valence-electron chi connectivity index (χ0n) is 8.80. The molecule has 0 saturated carbocycles. The van der Waals surface area contributed by atoms with Gasteiger partial charge in [-0.2, -0.15) is 5.21 Å². The van der Waals surface area contributed by atoms with Crippen LogP contribution in [0.4, 0.5) is 0 Å². The maximum atomic E-state index is 11.9. The Morgan fingerprint density at radius 1 is 1.62 bits per heavy atom. The summed E-state index contributed by atoms with van der Waals surface area (Å²) in [6, 6.07) is -0.445. The van der Waals surface area contributed by atoms with Crippen molar-refractivity contribution in [3.63, 3.8) is 0 Å². The molecule has 1 unspecified atom stereocenters. The Kier molecular flexibility index (Phi) is 2.80. The van der Waals surface area contributed by atoms with Gasteiger partial charge in [0.15, 0.2) is 0 Å². The van der Waals surface area contributed by atoms with Crippen LogP contribution in [0.25, 0.3) is 0 Å². The fourth-order valence-corrected chi connectivity index (χ4v) is 1.74. The lowest BCUT2D eigenvalue weighted by Crippen LogP contribution is -2.57. The van der Waals surface area contributed by atoms with Gasteiger partial charge in [-0.3, -0.25) is 9.59 Å². The number of aromatic amines is 1. The lowest BCUT2D eigenvalue weighted by atomic mass is 10.1. The van der Waals surface area contributed by atoms with Crippen molar-refractivity contribution in [2.75, 3.05) is 13.1 Å². The van der Waals surface area contributed by atoms with Gasteiger partial charge in [-0.25, -0.2) is 0 Å². The molecule has 1 aliphatic rings. The van der Waals surface area contributed by atoms with E-state index in [9.17, 15) is 9.59 Å². The summed E-state index contributed by atoms with van der Waals surface area (Å²) in [6.45, 7) is 2.78. The molecular weight excluding hydrogens is 212 g/mol. The summed E-state index contributed by atoms with van der Waals surface area (Å²) < 4.78 is 0. The first-order valence-corrected chi connectivity index (χ1v) is 5.06. The first-order chi connectivity index (χ1) is 7.74. The Morgan fingerprint density at radius 2 is 2.44 bits per heavy atom. The molecule has 1 aromatic heterocycles. The highest BCUT2D eigenvalue weighted by Crippen LogP contribution is 2.10. The highest BCUT2D eigenvalue weighted by molar-refractivity contribution is 5.95. The van der Waals surface area contributed by atoms with E-state index in [1.54, 1.807) is 0 Å². The molecule has 16 heavy (non-hydrogen) atoms. The molecule has 1 fully saturated rings. The Bertz CT molecular complexity index is 389. The summed E-state index contributed by atoms with van der Waals surface area (Å²) in [5.74, 6) is -0.505.